The first kappa shape index (κ1) is 46.2. The summed E-state index contributed by atoms with van der Waals surface area (Å²) >= 11 is 0. The maximum atomic E-state index is 14.4. The monoisotopic (exact) mass is 870 g/mol. The van der Waals surface area contributed by atoms with Crippen molar-refractivity contribution >= 4 is 35.3 Å². The molecule has 4 atom stereocenters. The van der Waals surface area contributed by atoms with Crippen molar-refractivity contribution in [3.8, 4) is 0 Å². The Bertz CT molecular complexity index is 2220. The van der Waals surface area contributed by atoms with Gasteiger partial charge in [0.1, 0.15) is 16.7 Å². The highest BCUT2D eigenvalue weighted by Crippen LogP contribution is 2.41. The summed E-state index contributed by atoms with van der Waals surface area (Å²) in [5, 5.41) is 0. The first-order chi connectivity index (χ1) is 30.7. The van der Waals surface area contributed by atoms with Crippen LogP contribution in [0.5, 0.6) is 0 Å². The number of amides is 2. The number of likely N-dealkylation sites (tertiary alicyclic amines) is 2. The predicted molar refractivity (Wildman–Crippen MR) is 250 cm³/mol. The van der Waals surface area contributed by atoms with Crippen LogP contribution in [0.3, 0.4) is 0 Å². The first-order valence-electron chi connectivity index (χ1n) is 23.0. The molecule has 2 fully saturated rings. The van der Waals surface area contributed by atoms with Crippen molar-refractivity contribution in [3.63, 3.8) is 0 Å². The molecule has 0 unspecified atom stereocenters. The predicted octanol–water partition coefficient (Wildman–Crippen LogP) is 8.96. The Balaban J connectivity index is 0.000000198. The quantitative estimate of drug-likeness (QED) is 0.133. The van der Waals surface area contributed by atoms with E-state index in [4.69, 9.17) is 14.2 Å². The number of hydrogen-bond acceptors (Lipinski definition) is 9. The van der Waals surface area contributed by atoms with Gasteiger partial charge in [0.2, 0.25) is 5.91 Å². The number of benzene rings is 4. The molecule has 4 aliphatic heterocycles. The van der Waals surface area contributed by atoms with E-state index in [0.717, 1.165) is 62.7 Å². The second-order valence-electron chi connectivity index (χ2n) is 19.1. The largest absolute Gasteiger partial charge is 0.467 e. The van der Waals surface area contributed by atoms with Gasteiger partial charge >= 0.3 is 18.0 Å². The second kappa shape index (κ2) is 19.5. The Morgan fingerprint density at radius 3 is 1.42 bits per heavy atom. The molecule has 64 heavy (non-hydrogen) atoms. The summed E-state index contributed by atoms with van der Waals surface area (Å²) in [4.78, 5) is 61.4. The highest BCUT2D eigenvalue weighted by molar-refractivity contribution is 5.94. The topological polar surface area (TPSA) is 109 Å². The number of para-hydroxylation sites is 2. The molecule has 4 aromatic rings. The van der Waals surface area contributed by atoms with Crippen LogP contribution >= 0.6 is 0 Å². The van der Waals surface area contributed by atoms with Crippen molar-refractivity contribution in [2.75, 3.05) is 50.2 Å². The van der Waals surface area contributed by atoms with E-state index in [1.165, 1.54) is 36.7 Å². The first-order valence-corrected chi connectivity index (χ1v) is 23.0. The van der Waals surface area contributed by atoms with Crippen molar-refractivity contribution in [1.82, 2.24) is 9.80 Å². The van der Waals surface area contributed by atoms with E-state index in [1.807, 2.05) is 88.4 Å². The molecule has 0 radical (unpaired) electrons. The van der Waals surface area contributed by atoms with E-state index in [2.05, 4.69) is 58.3 Å². The lowest BCUT2D eigenvalue weighted by Crippen LogP contribution is -2.52. The summed E-state index contributed by atoms with van der Waals surface area (Å²) in [5.41, 5.74) is 4.24. The lowest BCUT2D eigenvalue weighted by Gasteiger charge is -2.35. The fourth-order valence-electron chi connectivity index (χ4n) is 10.4. The number of nitrogens with zero attached hydrogens (tertiary/aromatic N) is 4. The van der Waals surface area contributed by atoms with Crippen LogP contribution in [0.4, 0.5) is 16.2 Å². The Labute approximate surface area is 379 Å². The maximum Gasteiger partial charge on any atom is 0.411 e. The van der Waals surface area contributed by atoms with Crippen molar-refractivity contribution in [3.05, 3.63) is 131 Å². The molecule has 2 amide bonds. The molecule has 0 N–H and O–H groups in total. The summed E-state index contributed by atoms with van der Waals surface area (Å²) in [6, 6.07) is 36.8. The zero-order chi connectivity index (χ0) is 45.6. The Morgan fingerprint density at radius 1 is 0.578 bits per heavy atom. The molecule has 4 heterocycles. The molecule has 340 valence electrons. The number of methoxy groups -OCH3 is 2. The number of rotatable bonds is 7. The lowest BCUT2D eigenvalue weighted by molar-refractivity contribution is -0.158. The number of fused-ring (bicyclic) bond motifs is 2. The molecule has 11 heteroatoms. The zero-order valence-electron chi connectivity index (χ0n) is 38.8. The molecule has 0 aromatic heterocycles. The van der Waals surface area contributed by atoms with Gasteiger partial charge in [-0.3, -0.25) is 9.69 Å². The van der Waals surface area contributed by atoms with Crippen molar-refractivity contribution in [2.45, 2.75) is 121 Å². The molecule has 0 bridgehead atoms. The zero-order valence-corrected chi connectivity index (χ0v) is 38.8. The highest BCUT2D eigenvalue weighted by atomic mass is 16.6. The van der Waals surface area contributed by atoms with Gasteiger partial charge in [-0.2, -0.15) is 0 Å². The van der Waals surface area contributed by atoms with Crippen LogP contribution < -0.4 is 9.80 Å². The van der Waals surface area contributed by atoms with Crippen LogP contribution in [0, 0.1) is 0 Å². The van der Waals surface area contributed by atoms with Gasteiger partial charge in [0.25, 0.3) is 0 Å². The van der Waals surface area contributed by atoms with E-state index in [9.17, 15) is 19.2 Å². The van der Waals surface area contributed by atoms with Crippen LogP contribution in [0.15, 0.2) is 109 Å². The second-order valence-corrected chi connectivity index (χ2v) is 19.1. The fourth-order valence-corrected chi connectivity index (χ4v) is 10.4. The van der Waals surface area contributed by atoms with Gasteiger partial charge < -0.3 is 28.9 Å². The normalized spacial score (nSPS) is 23.2. The minimum Gasteiger partial charge on any atom is -0.467 e. The summed E-state index contributed by atoms with van der Waals surface area (Å²) in [6.07, 6.45) is 7.17. The summed E-state index contributed by atoms with van der Waals surface area (Å²) < 4.78 is 16.0. The number of hydrogen-bond donors (Lipinski definition) is 0. The van der Waals surface area contributed by atoms with E-state index in [-0.39, 0.29) is 24.0 Å². The molecular formula is C53H66N4O7. The van der Waals surface area contributed by atoms with E-state index >= 15 is 0 Å². The fraction of sp³-hybridized carbons (Fsp3) is 0.472. The third-order valence-electron chi connectivity index (χ3n) is 13.6. The van der Waals surface area contributed by atoms with Crippen molar-refractivity contribution < 1.29 is 33.4 Å². The molecule has 4 aliphatic rings. The Morgan fingerprint density at radius 2 is 0.984 bits per heavy atom. The van der Waals surface area contributed by atoms with E-state index < -0.39 is 34.7 Å². The van der Waals surface area contributed by atoms with E-state index in [1.54, 1.807) is 16.7 Å². The smallest absolute Gasteiger partial charge is 0.411 e. The maximum absolute atomic E-state index is 14.4. The van der Waals surface area contributed by atoms with Gasteiger partial charge in [0.05, 0.1) is 20.1 Å². The third-order valence-corrected chi connectivity index (χ3v) is 13.6. The number of carbonyl (C=O) groups is 4. The van der Waals surface area contributed by atoms with Crippen LogP contribution in [-0.4, -0.2) is 103 Å². The summed E-state index contributed by atoms with van der Waals surface area (Å²) in [7, 11) is 2.78. The molecule has 0 aliphatic carbocycles. The van der Waals surface area contributed by atoms with E-state index in [0.29, 0.717) is 25.9 Å². The third kappa shape index (κ3) is 9.64. The number of esters is 2. The number of aryl methyl sites for hydroxylation is 2. The summed E-state index contributed by atoms with van der Waals surface area (Å²) in [6.45, 7) is 11.9. The molecule has 8 rings (SSSR count). The average Bonchev–Trinajstić information content (AvgIpc) is 3.64. The number of anilines is 2. The minimum atomic E-state index is -1.04. The lowest BCUT2D eigenvalue weighted by atomic mass is 9.88. The van der Waals surface area contributed by atoms with Crippen molar-refractivity contribution in [2.24, 2.45) is 0 Å². The van der Waals surface area contributed by atoms with Gasteiger partial charge in [0.15, 0.2) is 0 Å². The molecule has 0 saturated carbocycles. The Hall–Kier alpha value is -5.84. The molecule has 2 saturated heterocycles. The van der Waals surface area contributed by atoms with Gasteiger partial charge in [-0.05, 0) is 108 Å². The molecule has 0 spiro atoms. The minimum absolute atomic E-state index is 0.0319. The van der Waals surface area contributed by atoms with Gasteiger partial charge in [0, 0.05) is 62.5 Å². The summed E-state index contributed by atoms with van der Waals surface area (Å²) in [5.74, 6) is -1.32. The van der Waals surface area contributed by atoms with Crippen molar-refractivity contribution in [1.29, 1.82) is 0 Å². The van der Waals surface area contributed by atoms with Crippen LogP contribution in [0.25, 0.3) is 0 Å². The van der Waals surface area contributed by atoms with Crippen LogP contribution in [0.1, 0.15) is 101 Å². The standard InChI is InChI=1S/C31H34N2O3.C22H32N2O4/c1-31(30(35)36-2)21-26(32-20-12-11-14-23-13-9-10-19-27(23)32)22-33(31)29(34)28(24-15-5-3-6-16-24)25-17-7-4-8-18-25;1-21(2,3)28-20(26)24-15-17(14-22(24,4)19(25)27-5)23-13-9-8-11-16-10-6-7-12-18(16)23/h3-10,13,15-19,26,28H,11-12,14,20-22H2,1-2H3;6-7,10,12,17H,8-9,11,13-15H2,1-5H3/t26-,31-;17-,22-/m00/s1. The van der Waals surface area contributed by atoms with Crippen LogP contribution in [-0.2, 0) is 41.4 Å². The number of carbonyl (C=O) groups excluding carboxylic acids is 4. The number of ether oxygens (including phenoxy) is 3. The average molecular weight is 871 g/mol. The molecule has 11 nitrogen and oxygen atoms in total. The van der Waals surface area contributed by atoms with Gasteiger partial charge in [-0.25, -0.2) is 14.4 Å². The van der Waals surface area contributed by atoms with Gasteiger partial charge in [-0.1, -0.05) is 97.1 Å². The SMILES string of the molecule is COC(=O)[C@]1(C)C[C@H](N2CCCCc3ccccc32)CN1C(=O)C(c1ccccc1)c1ccccc1.COC(=O)[C@]1(C)C[C@H](N2CCCCc3ccccc32)CN1C(=O)OC(C)(C)C. The Kier molecular flexibility index (Phi) is 14.1. The molecular weight excluding hydrogens is 805 g/mol. The highest BCUT2D eigenvalue weighted by Gasteiger charge is 2.55. The van der Waals surface area contributed by atoms with Crippen LogP contribution in [0.2, 0.25) is 0 Å². The van der Waals surface area contributed by atoms with Gasteiger partial charge in [-0.15, -0.1) is 0 Å². The molecule has 4 aromatic carbocycles.